The number of halogens is 2. The normalized spacial score (nSPS) is 11.1. The van der Waals surface area contributed by atoms with Gasteiger partial charge in [0, 0.05) is 11.5 Å². The molecular formula is C16H12Cl2N2O3. The van der Waals surface area contributed by atoms with Crippen LogP contribution in [0, 0.1) is 13.8 Å². The summed E-state index contributed by atoms with van der Waals surface area (Å²) >= 11 is 11.6. The molecule has 3 rings (SSSR count). The van der Waals surface area contributed by atoms with Crippen LogP contribution >= 0.6 is 23.2 Å². The molecule has 0 aliphatic rings. The summed E-state index contributed by atoms with van der Waals surface area (Å²) in [5.41, 5.74) is 2.06. The van der Waals surface area contributed by atoms with E-state index in [-0.39, 0.29) is 16.6 Å². The van der Waals surface area contributed by atoms with Gasteiger partial charge in [0.1, 0.15) is 10.6 Å². The van der Waals surface area contributed by atoms with Gasteiger partial charge in [-0.15, -0.1) is 0 Å². The number of aryl methyl sites for hydroxylation is 2. The zero-order chi connectivity index (χ0) is 16.7. The summed E-state index contributed by atoms with van der Waals surface area (Å²) in [4.78, 5) is 24.0. The van der Waals surface area contributed by atoms with E-state index in [0.717, 1.165) is 21.2 Å². The van der Waals surface area contributed by atoms with Crippen molar-refractivity contribution in [3.05, 3.63) is 71.9 Å². The summed E-state index contributed by atoms with van der Waals surface area (Å²) in [5, 5.41) is 4.72. The smallest absolute Gasteiger partial charge is 0.336 e. The highest BCUT2D eigenvalue weighted by atomic mass is 35.5. The molecule has 0 bridgehead atoms. The maximum Gasteiger partial charge on any atom is 0.336 e. The number of nitrogens with zero attached hydrogens (tertiary/aromatic N) is 2. The van der Waals surface area contributed by atoms with Gasteiger partial charge in [-0.1, -0.05) is 35.3 Å². The maximum absolute atomic E-state index is 12.1. The molecule has 0 amide bonds. The molecule has 3 aromatic rings. The summed E-state index contributed by atoms with van der Waals surface area (Å²) in [6.07, 6.45) is 1.30. The van der Waals surface area contributed by atoms with Crippen LogP contribution in [0.15, 0.2) is 38.4 Å². The predicted molar refractivity (Wildman–Crippen MR) is 89.6 cm³/mol. The molecule has 7 heteroatoms. The van der Waals surface area contributed by atoms with E-state index in [1.54, 1.807) is 0 Å². The zero-order valence-electron chi connectivity index (χ0n) is 12.4. The molecule has 118 valence electrons. The molecule has 0 aliphatic carbocycles. The monoisotopic (exact) mass is 350 g/mol. The Morgan fingerprint density at radius 3 is 2.70 bits per heavy atom. The van der Waals surface area contributed by atoms with Gasteiger partial charge in [0.05, 0.1) is 17.8 Å². The molecule has 0 saturated heterocycles. The highest BCUT2D eigenvalue weighted by Gasteiger charge is 2.13. The molecule has 0 spiro atoms. The molecule has 0 aliphatic heterocycles. The first kappa shape index (κ1) is 15.8. The van der Waals surface area contributed by atoms with Crippen molar-refractivity contribution in [3.63, 3.8) is 0 Å². The molecule has 0 saturated carbocycles. The maximum atomic E-state index is 12.1. The van der Waals surface area contributed by atoms with Crippen LogP contribution in [0.25, 0.3) is 11.0 Å². The number of rotatable bonds is 2. The SMILES string of the molecule is Cc1ccc2c(Cn3ncc(Cl)c(Cl)c3=O)cc(=O)oc2c1C. The van der Waals surface area contributed by atoms with Gasteiger partial charge in [0.2, 0.25) is 0 Å². The lowest BCUT2D eigenvalue weighted by Crippen LogP contribution is -2.24. The Morgan fingerprint density at radius 1 is 1.22 bits per heavy atom. The number of hydrogen-bond acceptors (Lipinski definition) is 4. The molecule has 2 heterocycles. The summed E-state index contributed by atoms with van der Waals surface area (Å²) in [6.45, 7) is 3.92. The van der Waals surface area contributed by atoms with E-state index >= 15 is 0 Å². The van der Waals surface area contributed by atoms with Crippen LogP contribution in [0.5, 0.6) is 0 Å². The fourth-order valence-corrected chi connectivity index (χ4v) is 2.65. The Kier molecular flexibility index (Phi) is 4.00. The van der Waals surface area contributed by atoms with Gasteiger partial charge in [0.25, 0.3) is 5.56 Å². The summed E-state index contributed by atoms with van der Waals surface area (Å²) in [7, 11) is 0. The fraction of sp³-hybridized carbons (Fsp3) is 0.188. The molecule has 0 unspecified atom stereocenters. The highest BCUT2D eigenvalue weighted by Crippen LogP contribution is 2.23. The van der Waals surface area contributed by atoms with Crippen LogP contribution in [0.3, 0.4) is 0 Å². The van der Waals surface area contributed by atoms with Crippen LogP contribution in [0.1, 0.15) is 16.7 Å². The third kappa shape index (κ3) is 2.78. The van der Waals surface area contributed by atoms with Gasteiger partial charge in [-0.05, 0) is 30.5 Å². The quantitative estimate of drug-likeness (QED) is 0.665. The number of fused-ring (bicyclic) bond motifs is 1. The third-order valence-electron chi connectivity index (χ3n) is 3.78. The number of benzene rings is 1. The molecule has 1 aromatic carbocycles. The largest absolute Gasteiger partial charge is 0.422 e. The molecule has 2 aromatic heterocycles. The van der Waals surface area contributed by atoms with Gasteiger partial charge in [0.15, 0.2) is 0 Å². The van der Waals surface area contributed by atoms with Crippen molar-refractivity contribution in [1.82, 2.24) is 9.78 Å². The molecule has 0 fully saturated rings. The van der Waals surface area contributed by atoms with Gasteiger partial charge >= 0.3 is 5.63 Å². The van der Waals surface area contributed by atoms with Crippen LogP contribution in [-0.2, 0) is 6.54 Å². The van der Waals surface area contributed by atoms with Gasteiger partial charge in [-0.2, -0.15) is 5.10 Å². The van der Waals surface area contributed by atoms with Crippen molar-refractivity contribution in [2.45, 2.75) is 20.4 Å². The molecule has 5 nitrogen and oxygen atoms in total. The van der Waals surface area contributed by atoms with Crippen LogP contribution < -0.4 is 11.2 Å². The predicted octanol–water partition coefficient (Wildman–Crippen LogP) is 3.32. The van der Waals surface area contributed by atoms with Crippen molar-refractivity contribution in [2.24, 2.45) is 0 Å². The topological polar surface area (TPSA) is 65.1 Å². The van der Waals surface area contributed by atoms with Gasteiger partial charge in [-0.25, -0.2) is 9.48 Å². The lowest BCUT2D eigenvalue weighted by atomic mass is 10.0. The summed E-state index contributed by atoms with van der Waals surface area (Å²) in [6, 6.07) is 5.15. The Bertz CT molecular complexity index is 1040. The second kappa shape index (κ2) is 5.83. The lowest BCUT2D eigenvalue weighted by molar-refractivity contribution is 0.552. The van der Waals surface area contributed by atoms with Crippen LogP contribution in [0.4, 0.5) is 0 Å². The van der Waals surface area contributed by atoms with Crippen molar-refractivity contribution in [2.75, 3.05) is 0 Å². The number of hydrogen-bond donors (Lipinski definition) is 0. The molecular weight excluding hydrogens is 339 g/mol. The number of aromatic nitrogens is 2. The van der Waals surface area contributed by atoms with E-state index in [1.165, 1.54) is 12.3 Å². The lowest BCUT2D eigenvalue weighted by Gasteiger charge is -2.10. The molecule has 0 radical (unpaired) electrons. The molecule has 0 atom stereocenters. The van der Waals surface area contributed by atoms with Gasteiger partial charge in [-0.3, -0.25) is 4.79 Å². The standard InChI is InChI=1S/C16H12Cl2N2O3/c1-8-3-4-11-10(5-13(21)23-15(11)9(8)2)7-20-16(22)14(18)12(17)6-19-20/h3-6H,7H2,1-2H3. The van der Waals surface area contributed by atoms with Crippen molar-refractivity contribution >= 4 is 34.2 Å². The molecule has 23 heavy (non-hydrogen) atoms. The summed E-state index contributed by atoms with van der Waals surface area (Å²) < 4.78 is 6.48. The van der Waals surface area contributed by atoms with Crippen LogP contribution in [0.2, 0.25) is 10.0 Å². The van der Waals surface area contributed by atoms with E-state index in [1.807, 2.05) is 26.0 Å². The Morgan fingerprint density at radius 2 is 1.96 bits per heavy atom. The first-order valence-corrected chi connectivity index (χ1v) is 7.58. The fourth-order valence-electron chi connectivity index (χ4n) is 2.37. The van der Waals surface area contributed by atoms with E-state index < -0.39 is 11.2 Å². The first-order chi connectivity index (χ1) is 10.9. The minimum absolute atomic E-state index is 0.0943. The van der Waals surface area contributed by atoms with E-state index in [0.29, 0.717) is 11.1 Å². The van der Waals surface area contributed by atoms with Gasteiger partial charge < -0.3 is 4.42 Å². The Labute approximate surface area is 141 Å². The van der Waals surface area contributed by atoms with Crippen molar-refractivity contribution < 1.29 is 4.42 Å². The minimum Gasteiger partial charge on any atom is -0.422 e. The summed E-state index contributed by atoms with van der Waals surface area (Å²) in [5.74, 6) is 0. The second-order valence-corrected chi connectivity index (χ2v) is 6.03. The molecule has 0 N–H and O–H groups in total. The Hall–Kier alpha value is -2.11. The average Bonchev–Trinajstić information content (AvgIpc) is 2.52. The van der Waals surface area contributed by atoms with E-state index in [9.17, 15) is 9.59 Å². The van der Waals surface area contributed by atoms with Crippen molar-refractivity contribution in [1.29, 1.82) is 0 Å². The van der Waals surface area contributed by atoms with Crippen LogP contribution in [-0.4, -0.2) is 9.78 Å². The average molecular weight is 351 g/mol. The second-order valence-electron chi connectivity index (χ2n) is 5.24. The third-order valence-corrected chi connectivity index (χ3v) is 4.53. The first-order valence-electron chi connectivity index (χ1n) is 6.82. The van der Waals surface area contributed by atoms with E-state index in [4.69, 9.17) is 27.6 Å². The van der Waals surface area contributed by atoms with Crippen molar-refractivity contribution in [3.8, 4) is 0 Å². The highest BCUT2D eigenvalue weighted by molar-refractivity contribution is 6.41. The zero-order valence-corrected chi connectivity index (χ0v) is 13.9. The Balaban J connectivity index is 2.22. The minimum atomic E-state index is -0.510. The van der Waals surface area contributed by atoms with E-state index in [2.05, 4.69) is 5.10 Å².